The molecule has 16 nitrogen and oxygen atoms in total. The van der Waals surface area contributed by atoms with Gasteiger partial charge in [-0.2, -0.15) is 0 Å². The molecule has 0 aromatic carbocycles. The highest BCUT2D eigenvalue weighted by molar-refractivity contribution is 7.47. The first-order valence-corrected chi connectivity index (χ1v) is 49.4. The lowest BCUT2D eigenvalue weighted by molar-refractivity contribution is -0.161. The van der Waals surface area contributed by atoms with E-state index in [1.54, 1.807) is 0 Å². The largest absolute Gasteiger partial charge is 0.472 e. The maximum Gasteiger partial charge on any atom is 0.472 e. The van der Waals surface area contributed by atoms with Crippen molar-refractivity contribution in [3.8, 4) is 0 Å². The summed E-state index contributed by atoms with van der Waals surface area (Å²) in [6.07, 6.45) is 117. The molecule has 0 aromatic heterocycles. The zero-order valence-corrected chi connectivity index (χ0v) is 75.6. The number of phosphoric ester groups is 2. The number of aliphatic hydroxyl groups is 2. The summed E-state index contributed by atoms with van der Waals surface area (Å²) < 4.78 is 61.5. The van der Waals surface area contributed by atoms with Gasteiger partial charge >= 0.3 is 33.6 Å². The third-order valence-corrected chi connectivity index (χ3v) is 21.3. The highest BCUT2D eigenvalue weighted by Crippen LogP contribution is 2.45. The van der Waals surface area contributed by atoms with Crippen molar-refractivity contribution in [2.45, 2.75) is 399 Å². The van der Waals surface area contributed by atoms with Gasteiger partial charge in [0.25, 0.3) is 0 Å². The van der Waals surface area contributed by atoms with Crippen molar-refractivity contribution in [1.29, 1.82) is 0 Å². The van der Waals surface area contributed by atoms with E-state index in [0.717, 1.165) is 173 Å². The van der Waals surface area contributed by atoms with Gasteiger partial charge in [-0.05, 0) is 161 Å². The highest BCUT2D eigenvalue weighted by Gasteiger charge is 2.29. The molecule has 0 rings (SSSR count). The Bertz CT molecular complexity index is 2810. The van der Waals surface area contributed by atoms with Gasteiger partial charge in [0.15, 0.2) is 6.10 Å². The van der Waals surface area contributed by atoms with Crippen LogP contribution in [0.3, 0.4) is 0 Å². The average Bonchev–Trinajstić information content (AvgIpc) is 0.899. The number of phosphoric acid groups is 2. The van der Waals surface area contributed by atoms with Crippen LogP contribution in [-0.2, 0) is 55.8 Å². The van der Waals surface area contributed by atoms with Gasteiger partial charge in [-0.3, -0.25) is 32.5 Å². The van der Waals surface area contributed by atoms with Crippen LogP contribution in [0.4, 0.5) is 0 Å². The number of hydrogen-bond donors (Lipinski definition) is 4. The molecule has 0 aliphatic carbocycles. The quantitative estimate of drug-likeness (QED) is 0.0146. The van der Waals surface area contributed by atoms with Gasteiger partial charge in [0.2, 0.25) is 0 Å². The van der Waals surface area contributed by atoms with Crippen molar-refractivity contribution in [3.05, 3.63) is 170 Å². The van der Waals surface area contributed by atoms with E-state index in [1.807, 2.05) is 0 Å². The van der Waals surface area contributed by atoms with Gasteiger partial charge < -0.3 is 34.2 Å². The summed E-state index contributed by atoms with van der Waals surface area (Å²) in [5.41, 5.74) is 0. The molecule has 670 valence electrons. The lowest BCUT2D eigenvalue weighted by atomic mass is 10.0. The average molecular weight is 1680 g/mol. The van der Waals surface area contributed by atoms with E-state index in [9.17, 15) is 43.5 Å². The van der Waals surface area contributed by atoms with Crippen LogP contribution in [0.1, 0.15) is 380 Å². The molecule has 0 aliphatic rings. The van der Waals surface area contributed by atoms with E-state index in [0.29, 0.717) is 19.3 Å². The van der Waals surface area contributed by atoms with Crippen LogP contribution in [0.15, 0.2) is 170 Å². The lowest BCUT2D eigenvalue weighted by Gasteiger charge is -2.21. The van der Waals surface area contributed by atoms with Crippen molar-refractivity contribution in [1.82, 2.24) is 0 Å². The topological polar surface area (TPSA) is 231 Å². The standard InChI is InChI=1S/C99H168O16P2/c1-4-7-10-13-16-19-22-25-28-31-34-37-39-41-43-45-46-48-50-51-53-56-58-61-64-67-70-73-76-79-82-85-97(102)109-88-94(100)89-111-116(105,106)112-90-95(101)91-113-117(107,108)114-93-96(115-99(104)87-84-81-78-75-72-69-66-63-60-55-36-33-30-27-24-21-18-15-12-9-6-3)92-110-98(103)86-83-80-77-74-71-68-65-62-59-57-54-52-49-47-44-42-40-38-35-32-29-26-23-20-17-14-11-8-5-2/h7,10,16-21,25-30,34-38,41-44,46,48,55,63,66,94-96,100-101H,4-6,8-9,11-15,22-24,31-33,39-40,45,47,49-54,56-62,64-65,67-93H2,1-3H3,(H,105,106)(H,107,108)/b10-7-,19-16-,20-17-,21-18-,28-25-,29-26-,30-27-,37-34-,38-35-,43-41-,44-42-,48-46-,55-36-,66-63-. The highest BCUT2D eigenvalue weighted by atomic mass is 31.2. The van der Waals surface area contributed by atoms with Gasteiger partial charge in [-0.25, -0.2) is 9.13 Å². The van der Waals surface area contributed by atoms with Crippen LogP contribution in [-0.4, -0.2) is 95.9 Å². The Balaban J connectivity index is 4.61. The van der Waals surface area contributed by atoms with Crippen molar-refractivity contribution < 1.29 is 75.8 Å². The molecular weight excluding hydrogens is 1510 g/mol. The van der Waals surface area contributed by atoms with E-state index in [-0.39, 0.29) is 19.3 Å². The number of carbonyl (C=O) groups excluding carboxylic acids is 3. The zero-order valence-electron chi connectivity index (χ0n) is 73.8. The Morgan fingerprint density at radius 3 is 0.718 bits per heavy atom. The normalized spacial score (nSPS) is 14.6. The Labute approximate surface area is 713 Å². The Morgan fingerprint density at radius 2 is 0.453 bits per heavy atom. The number of esters is 3. The second-order valence-electron chi connectivity index (χ2n) is 30.7. The summed E-state index contributed by atoms with van der Waals surface area (Å²) in [6, 6.07) is 0. The summed E-state index contributed by atoms with van der Waals surface area (Å²) in [7, 11) is -9.82. The van der Waals surface area contributed by atoms with Crippen LogP contribution in [0.25, 0.3) is 0 Å². The molecule has 117 heavy (non-hydrogen) atoms. The number of unbranched alkanes of at least 4 members (excludes halogenated alkanes) is 36. The summed E-state index contributed by atoms with van der Waals surface area (Å²) in [4.78, 5) is 59.0. The predicted octanol–water partition coefficient (Wildman–Crippen LogP) is 28.7. The smallest absolute Gasteiger partial charge is 0.463 e. The molecule has 0 aromatic rings. The summed E-state index contributed by atoms with van der Waals surface area (Å²) in [5.74, 6) is -1.59. The summed E-state index contributed by atoms with van der Waals surface area (Å²) >= 11 is 0. The first-order chi connectivity index (χ1) is 57.2. The molecule has 0 bridgehead atoms. The second-order valence-corrected chi connectivity index (χ2v) is 33.6. The molecule has 0 radical (unpaired) electrons. The number of rotatable bonds is 87. The molecule has 0 fully saturated rings. The number of ether oxygens (including phenoxy) is 3. The summed E-state index contributed by atoms with van der Waals surface area (Å²) in [5, 5.41) is 20.7. The van der Waals surface area contributed by atoms with Crippen LogP contribution < -0.4 is 0 Å². The molecule has 0 amide bonds. The lowest BCUT2D eigenvalue weighted by Crippen LogP contribution is -2.30. The number of carbonyl (C=O) groups is 3. The zero-order chi connectivity index (χ0) is 85.1. The van der Waals surface area contributed by atoms with Crippen LogP contribution in [0, 0.1) is 0 Å². The van der Waals surface area contributed by atoms with Gasteiger partial charge in [-0.15, -0.1) is 0 Å². The molecule has 4 N–H and O–H groups in total. The maximum absolute atomic E-state index is 13.1. The molecule has 0 spiro atoms. The van der Waals surface area contributed by atoms with E-state index >= 15 is 0 Å². The molecule has 18 heteroatoms. The van der Waals surface area contributed by atoms with Crippen LogP contribution in [0.5, 0.6) is 0 Å². The van der Waals surface area contributed by atoms with E-state index < -0.39 is 91.5 Å². The molecule has 0 saturated carbocycles. The first-order valence-electron chi connectivity index (χ1n) is 46.4. The molecule has 5 atom stereocenters. The monoisotopic (exact) mass is 1680 g/mol. The van der Waals surface area contributed by atoms with Crippen molar-refractivity contribution in [2.75, 3.05) is 39.6 Å². The molecule has 0 saturated heterocycles. The molecular formula is C99H168O16P2. The van der Waals surface area contributed by atoms with E-state index in [2.05, 4.69) is 191 Å². The fraction of sp³-hybridized carbons (Fsp3) is 0.687. The molecule has 0 heterocycles. The fourth-order valence-corrected chi connectivity index (χ4v) is 14.0. The Hall–Kier alpha value is -5.09. The number of hydrogen-bond acceptors (Lipinski definition) is 14. The van der Waals surface area contributed by atoms with Crippen LogP contribution in [0.2, 0.25) is 0 Å². The van der Waals surface area contributed by atoms with Gasteiger partial charge in [-0.1, -0.05) is 371 Å². The Morgan fingerprint density at radius 1 is 0.248 bits per heavy atom. The fourth-order valence-electron chi connectivity index (χ4n) is 12.4. The first kappa shape index (κ1) is 112. The van der Waals surface area contributed by atoms with Crippen molar-refractivity contribution in [3.63, 3.8) is 0 Å². The van der Waals surface area contributed by atoms with E-state index in [4.69, 9.17) is 32.3 Å². The Kier molecular flexibility index (Phi) is 86.2. The van der Waals surface area contributed by atoms with Crippen molar-refractivity contribution in [2.24, 2.45) is 0 Å². The van der Waals surface area contributed by atoms with Gasteiger partial charge in [0, 0.05) is 19.3 Å². The maximum atomic E-state index is 13.1. The molecule has 5 unspecified atom stereocenters. The second kappa shape index (κ2) is 90.2. The van der Waals surface area contributed by atoms with E-state index in [1.165, 1.54) is 148 Å². The minimum Gasteiger partial charge on any atom is -0.463 e. The SMILES string of the molecule is CC/C=C\C/C=C\C/C=C\C/C=C\C/C=C\C/C=C\CCCCCCCCCCCCCCC(=O)OCC(O)COP(=O)(O)OCC(O)COP(=O)(O)OCC(COC(=O)CCCCCCCCCCCCCCC/C=C\C/C=C\C/C=C\C/C=C\CCCCC)OC(=O)CCCCCCC/C=C\C/C=C\C/C=C\C/C=C\CCCCC. The predicted molar refractivity (Wildman–Crippen MR) is 491 cm³/mol. The van der Waals surface area contributed by atoms with Gasteiger partial charge in [0.05, 0.1) is 26.4 Å². The minimum absolute atomic E-state index is 0.0798. The number of aliphatic hydroxyl groups excluding tert-OH is 2. The third kappa shape index (κ3) is 91.5. The third-order valence-electron chi connectivity index (χ3n) is 19.4. The minimum atomic E-state index is -4.95. The van der Waals surface area contributed by atoms with Crippen LogP contribution >= 0.6 is 15.6 Å². The van der Waals surface area contributed by atoms with Crippen molar-refractivity contribution >= 4 is 33.6 Å². The molecule has 0 aliphatic heterocycles. The number of allylic oxidation sites excluding steroid dienone is 28. The summed E-state index contributed by atoms with van der Waals surface area (Å²) in [6.45, 7) is 2.53. The van der Waals surface area contributed by atoms with Gasteiger partial charge in [0.1, 0.15) is 25.4 Å².